The highest BCUT2D eigenvalue weighted by molar-refractivity contribution is 5.96. The lowest BCUT2D eigenvalue weighted by atomic mass is 10.2. The summed E-state index contributed by atoms with van der Waals surface area (Å²) in [6.45, 7) is 1.70. The molecule has 1 amide bonds. The molecule has 0 aliphatic rings. The monoisotopic (exact) mass is 273 g/mol. The van der Waals surface area contributed by atoms with Gasteiger partial charge in [-0.2, -0.15) is 5.10 Å². The molecule has 0 spiro atoms. The van der Waals surface area contributed by atoms with Crippen molar-refractivity contribution in [1.29, 1.82) is 0 Å². The number of carbonyl (C=O) groups is 2. The number of amides is 1. The van der Waals surface area contributed by atoms with Gasteiger partial charge in [0.15, 0.2) is 0 Å². The Kier molecular flexibility index (Phi) is 4.14. The number of para-hydroxylation sites is 1. The second-order valence-electron chi connectivity index (χ2n) is 4.28. The van der Waals surface area contributed by atoms with Gasteiger partial charge in [-0.3, -0.25) is 4.79 Å². The first kappa shape index (κ1) is 13.8. The molecule has 1 unspecified atom stereocenters. The highest BCUT2D eigenvalue weighted by atomic mass is 16.4. The van der Waals surface area contributed by atoms with Crippen molar-refractivity contribution in [2.45, 2.75) is 19.4 Å². The number of hydrogen-bond donors (Lipinski definition) is 2. The summed E-state index contributed by atoms with van der Waals surface area (Å²) in [7, 11) is 0. The van der Waals surface area contributed by atoms with Gasteiger partial charge in [0.05, 0.1) is 17.4 Å². The largest absolute Gasteiger partial charge is 0.480 e. The summed E-state index contributed by atoms with van der Waals surface area (Å²) in [5.41, 5.74) is 1.16. The Labute approximate surface area is 116 Å². The van der Waals surface area contributed by atoms with Crippen LogP contribution in [0.1, 0.15) is 23.7 Å². The predicted molar refractivity (Wildman–Crippen MR) is 72.7 cm³/mol. The molecule has 0 saturated carbocycles. The van der Waals surface area contributed by atoms with E-state index in [9.17, 15) is 9.59 Å². The molecule has 0 radical (unpaired) electrons. The molecule has 0 aliphatic heterocycles. The lowest BCUT2D eigenvalue weighted by Crippen LogP contribution is -2.40. The molecule has 0 fully saturated rings. The van der Waals surface area contributed by atoms with E-state index in [1.807, 2.05) is 30.3 Å². The van der Waals surface area contributed by atoms with Crippen molar-refractivity contribution in [2.75, 3.05) is 0 Å². The Morgan fingerprint density at radius 2 is 2.05 bits per heavy atom. The van der Waals surface area contributed by atoms with E-state index in [0.29, 0.717) is 12.0 Å². The third-order valence-electron chi connectivity index (χ3n) is 2.88. The predicted octanol–water partition coefficient (Wildman–Crippen LogP) is 1.47. The zero-order chi connectivity index (χ0) is 14.5. The van der Waals surface area contributed by atoms with E-state index in [1.54, 1.807) is 17.8 Å². The molecule has 20 heavy (non-hydrogen) atoms. The maximum atomic E-state index is 11.9. The SMILES string of the molecule is CCC(NC(=O)c1cnn(-c2ccccc2)c1)C(=O)O. The highest BCUT2D eigenvalue weighted by Gasteiger charge is 2.19. The molecule has 1 aromatic carbocycles. The van der Waals surface area contributed by atoms with E-state index in [0.717, 1.165) is 5.69 Å². The Morgan fingerprint density at radius 3 is 2.65 bits per heavy atom. The Bertz CT molecular complexity index is 607. The van der Waals surface area contributed by atoms with Crippen molar-refractivity contribution in [2.24, 2.45) is 0 Å². The van der Waals surface area contributed by atoms with Crippen LogP contribution in [0.15, 0.2) is 42.7 Å². The molecule has 0 saturated heterocycles. The number of nitrogens with zero attached hydrogens (tertiary/aromatic N) is 2. The topological polar surface area (TPSA) is 84.2 Å². The lowest BCUT2D eigenvalue weighted by Gasteiger charge is -2.10. The van der Waals surface area contributed by atoms with Gasteiger partial charge in [0.1, 0.15) is 6.04 Å². The number of carbonyl (C=O) groups excluding carboxylic acids is 1. The summed E-state index contributed by atoms with van der Waals surface area (Å²) in [6.07, 6.45) is 3.31. The average molecular weight is 273 g/mol. The molecule has 1 heterocycles. The standard InChI is InChI=1S/C14H15N3O3/c1-2-12(14(19)20)16-13(18)10-8-15-17(9-10)11-6-4-3-5-7-11/h3-9,12H,2H2,1H3,(H,16,18)(H,19,20). The number of benzene rings is 1. The molecule has 6 nitrogen and oxygen atoms in total. The first-order valence-corrected chi connectivity index (χ1v) is 6.25. The summed E-state index contributed by atoms with van der Waals surface area (Å²) in [4.78, 5) is 22.8. The van der Waals surface area contributed by atoms with Gasteiger partial charge >= 0.3 is 5.97 Å². The van der Waals surface area contributed by atoms with Crippen molar-refractivity contribution in [3.05, 3.63) is 48.3 Å². The van der Waals surface area contributed by atoms with Gasteiger partial charge in [-0.1, -0.05) is 25.1 Å². The van der Waals surface area contributed by atoms with Crippen LogP contribution in [-0.2, 0) is 4.79 Å². The minimum Gasteiger partial charge on any atom is -0.480 e. The summed E-state index contributed by atoms with van der Waals surface area (Å²) < 4.78 is 1.57. The van der Waals surface area contributed by atoms with Gasteiger partial charge < -0.3 is 10.4 Å². The molecule has 1 aromatic heterocycles. The molecule has 1 atom stereocenters. The van der Waals surface area contributed by atoms with Gasteiger partial charge in [-0.05, 0) is 18.6 Å². The van der Waals surface area contributed by atoms with Crippen molar-refractivity contribution < 1.29 is 14.7 Å². The molecule has 2 N–H and O–H groups in total. The van der Waals surface area contributed by atoms with Crippen LogP contribution in [0.2, 0.25) is 0 Å². The first-order chi connectivity index (χ1) is 9.61. The zero-order valence-corrected chi connectivity index (χ0v) is 11.0. The third-order valence-corrected chi connectivity index (χ3v) is 2.88. The number of nitrogens with one attached hydrogen (secondary N) is 1. The van der Waals surface area contributed by atoms with E-state index in [4.69, 9.17) is 5.11 Å². The first-order valence-electron chi connectivity index (χ1n) is 6.25. The van der Waals surface area contributed by atoms with Gasteiger partial charge in [-0.15, -0.1) is 0 Å². The van der Waals surface area contributed by atoms with Gasteiger partial charge in [-0.25, -0.2) is 9.48 Å². The van der Waals surface area contributed by atoms with Crippen LogP contribution in [0.25, 0.3) is 5.69 Å². The highest BCUT2D eigenvalue weighted by Crippen LogP contribution is 2.08. The third kappa shape index (κ3) is 3.03. The van der Waals surface area contributed by atoms with E-state index in [2.05, 4.69) is 10.4 Å². The molecule has 2 rings (SSSR count). The van der Waals surface area contributed by atoms with Gasteiger partial charge in [0.25, 0.3) is 5.91 Å². The maximum Gasteiger partial charge on any atom is 0.326 e. The van der Waals surface area contributed by atoms with Crippen LogP contribution in [0.3, 0.4) is 0 Å². The summed E-state index contributed by atoms with van der Waals surface area (Å²) in [5.74, 6) is -1.49. The van der Waals surface area contributed by atoms with Crippen LogP contribution >= 0.6 is 0 Å². The van der Waals surface area contributed by atoms with Crippen LogP contribution < -0.4 is 5.32 Å². The van der Waals surface area contributed by atoms with E-state index in [1.165, 1.54) is 6.20 Å². The minimum atomic E-state index is -1.05. The number of aromatic nitrogens is 2. The number of carboxylic acids is 1. The Hall–Kier alpha value is -2.63. The fraction of sp³-hybridized carbons (Fsp3) is 0.214. The fourth-order valence-corrected chi connectivity index (χ4v) is 1.74. The molecular weight excluding hydrogens is 258 g/mol. The maximum absolute atomic E-state index is 11.9. The van der Waals surface area contributed by atoms with E-state index >= 15 is 0 Å². The summed E-state index contributed by atoms with van der Waals surface area (Å²) in [5, 5.41) is 15.5. The number of hydrogen-bond acceptors (Lipinski definition) is 3. The molecule has 6 heteroatoms. The van der Waals surface area contributed by atoms with Crippen LogP contribution in [0.4, 0.5) is 0 Å². The van der Waals surface area contributed by atoms with Crippen molar-refractivity contribution in [1.82, 2.24) is 15.1 Å². The number of aliphatic carboxylic acids is 1. The fourth-order valence-electron chi connectivity index (χ4n) is 1.74. The minimum absolute atomic E-state index is 0.327. The Balaban J connectivity index is 2.13. The van der Waals surface area contributed by atoms with Crippen LogP contribution in [0, 0.1) is 0 Å². The van der Waals surface area contributed by atoms with Crippen LogP contribution in [0.5, 0.6) is 0 Å². The molecule has 104 valence electrons. The van der Waals surface area contributed by atoms with Gasteiger partial charge in [0.2, 0.25) is 0 Å². The Morgan fingerprint density at radius 1 is 1.35 bits per heavy atom. The summed E-state index contributed by atoms with van der Waals surface area (Å²) >= 11 is 0. The van der Waals surface area contributed by atoms with Crippen LogP contribution in [-0.4, -0.2) is 32.8 Å². The average Bonchev–Trinajstić information content (AvgIpc) is 2.95. The quantitative estimate of drug-likeness (QED) is 0.864. The smallest absolute Gasteiger partial charge is 0.326 e. The molecular formula is C14H15N3O3. The van der Waals surface area contributed by atoms with Crippen molar-refractivity contribution in [3.63, 3.8) is 0 Å². The van der Waals surface area contributed by atoms with Gasteiger partial charge in [0, 0.05) is 6.20 Å². The second kappa shape index (κ2) is 6.01. The lowest BCUT2D eigenvalue weighted by molar-refractivity contribution is -0.139. The van der Waals surface area contributed by atoms with E-state index in [-0.39, 0.29) is 0 Å². The second-order valence-corrected chi connectivity index (χ2v) is 4.28. The molecule has 0 bridgehead atoms. The normalized spacial score (nSPS) is 11.8. The number of rotatable bonds is 5. The van der Waals surface area contributed by atoms with Crippen molar-refractivity contribution in [3.8, 4) is 5.69 Å². The zero-order valence-electron chi connectivity index (χ0n) is 11.0. The molecule has 0 aliphatic carbocycles. The number of carboxylic acid groups (broad SMARTS) is 1. The van der Waals surface area contributed by atoms with E-state index < -0.39 is 17.9 Å². The van der Waals surface area contributed by atoms with Crippen molar-refractivity contribution >= 4 is 11.9 Å². The summed E-state index contributed by atoms with van der Waals surface area (Å²) in [6, 6.07) is 8.46. The molecule has 2 aromatic rings.